The number of ketones is 1. The smallest absolute Gasteiger partial charge is 0.316 e. The van der Waals surface area contributed by atoms with Gasteiger partial charge in [-0.2, -0.15) is 8.78 Å². The Labute approximate surface area is 287 Å². The summed E-state index contributed by atoms with van der Waals surface area (Å²) in [4.78, 5) is 61.8. The van der Waals surface area contributed by atoms with Crippen molar-refractivity contribution in [1.29, 1.82) is 0 Å². The highest BCUT2D eigenvalue weighted by atomic mass is 32.1. The van der Waals surface area contributed by atoms with Gasteiger partial charge in [-0.15, -0.1) is 0 Å². The molecule has 268 valence electrons. The topological polar surface area (TPSA) is 163 Å². The number of Topliss-reactive ketones (excluding diaryl/α,β-unsaturated/α-hetero) is 1. The van der Waals surface area contributed by atoms with Crippen LogP contribution >= 0.6 is 12.8 Å². The number of nitrogens with two attached hydrogens (primary N) is 1. The Morgan fingerprint density at radius 1 is 1.02 bits per heavy atom. The zero-order valence-corrected chi connectivity index (χ0v) is 29.5. The molecule has 1 heterocycles. The number of aldehydes is 1. The fourth-order valence-corrected chi connectivity index (χ4v) is 6.79. The molecule has 0 spiro atoms. The summed E-state index contributed by atoms with van der Waals surface area (Å²) in [5, 5.41) is 8.24. The zero-order chi connectivity index (χ0) is 35.9. The predicted molar refractivity (Wildman–Crippen MR) is 182 cm³/mol. The van der Waals surface area contributed by atoms with E-state index in [0.29, 0.717) is 31.8 Å². The van der Waals surface area contributed by atoms with Crippen LogP contribution in [0.3, 0.4) is 0 Å². The van der Waals surface area contributed by atoms with E-state index in [1.807, 2.05) is 34.6 Å². The van der Waals surface area contributed by atoms with E-state index in [0.717, 1.165) is 25.5 Å². The minimum atomic E-state index is -3.28. The summed E-state index contributed by atoms with van der Waals surface area (Å²) >= 11 is 3.71. The molecule has 4 atom stereocenters. The number of rotatable bonds is 12. The van der Waals surface area contributed by atoms with Crippen LogP contribution in [-0.4, -0.2) is 71.2 Å². The third-order valence-electron chi connectivity index (χ3n) is 9.58. The Balaban J connectivity index is 0.000000437. The fourth-order valence-electron chi connectivity index (χ4n) is 6.59. The maximum absolute atomic E-state index is 15.9. The molecule has 6 N–H and O–H groups in total. The molecule has 0 bridgehead atoms. The summed E-state index contributed by atoms with van der Waals surface area (Å²) in [6.45, 7) is 9.93. The van der Waals surface area contributed by atoms with Gasteiger partial charge in [-0.3, -0.25) is 19.7 Å². The van der Waals surface area contributed by atoms with Crippen LogP contribution in [0.2, 0.25) is 0 Å². The number of amides is 4. The van der Waals surface area contributed by atoms with E-state index in [1.165, 1.54) is 12.1 Å². The van der Waals surface area contributed by atoms with Gasteiger partial charge in [-0.05, 0) is 49.4 Å². The lowest BCUT2D eigenvalue weighted by Crippen LogP contribution is -2.65. The third-order valence-corrected chi connectivity index (χ3v) is 9.84. The minimum absolute atomic E-state index is 0.0518. The number of carbonyl (C=O) groups excluding carboxylic acids is 5. The van der Waals surface area contributed by atoms with Gasteiger partial charge in [-0.25, -0.2) is 9.52 Å². The number of carbonyl (C=O) groups is 5. The van der Waals surface area contributed by atoms with E-state index < -0.39 is 52.8 Å². The quantitative estimate of drug-likeness (QED) is 0.0839. The summed E-state index contributed by atoms with van der Waals surface area (Å²) in [6.07, 6.45) is 5.10. The van der Waals surface area contributed by atoms with E-state index in [9.17, 15) is 24.0 Å². The van der Waals surface area contributed by atoms with Gasteiger partial charge in [-0.1, -0.05) is 97.0 Å². The molecule has 4 rings (SSSR count). The second kappa shape index (κ2) is 16.5. The number of likely N-dealkylation sites (tertiary alicyclic amines) is 1. The molecular formula is C34H52F2N6O5S. The van der Waals surface area contributed by atoms with E-state index in [-0.39, 0.29) is 36.1 Å². The van der Waals surface area contributed by atoms with Crippen molar-refractivity contribution in [3.63, 3.8) is 0 Å². The zero-order valence-electron chi connectivity index (χ0n) is 28.6. The van der Waals surface area contributed by atoms with Crippen molar-refractivity contribution in [1.82, 2.24) is 25.6 Å². The first-order valence-corrected chi connectivity index (χ1v) is 17.2. The molecule has 48 heavy (non-hydrogen) atoms. The highest BCUT2D eigenvalue weighted by Gasteiger charge is 2.56. The van der Waals surface area contributed by atoms with E-state index in [4.69, 9.17) is 5.73 Å². The number of urea groups is 1. The molecule has 3 aliphatic rings. The van der Waals surface area contributed by atoms with Crippen LogP contribution in [0, 0.1) is 17.3 Å². The van der Waals surface area contributed by atoms with Gasteiger partial charge in [0.2, 0.25) is 5.91 Å². The number of nitrogens with one attached hydrogen (secondary N) is 4. The number of benzene rings is 1. The molecule has 2 aliphatic carbocycles. The van der Waals surface area contributed by atoms with Gasteiger partial charge >= 0.3 is 6.03 Å². The maximum Gasteiger partial charge on any atom is 0.316 e. The van der Waals surface area contributed by atoms with E-state index in [2.05, 4.69) is 33.5 Å². The summed E-state index contributed by atoms with van der Waals surface area (Å²) < 4.78 is 34.2. The summed E-state index contributed by atoms with van der Waals surface area (Å²) in [7, 11) is 0. The van der Waals surface area contributed by atoms with Crippen LogP contribution in [0.4, 0.5) is 13.6 Å². The molecule has 1 aromatic carbocycles. The van der Waals surface area contributed by atoms with Gasteiger partial charge in [0.05, 0.1) is 6.04 Å². The SMILES string of the molecule is CC(C)C1CCN(C(=O)C(NC(=O)NC2(C(F)(F)c3ccccc3)CCCCC2)C(C)(C)C)[C@@H]1C=O.NC(=O)C(=O)C(NS)NC1CC1. The maximum atomic E-state index is 15.9. The fraction of sp³-hybridized carbons (Fsp3) is 0.676. The highest BCUT2D eigenvalue weighted by Crippen LogP contribution is 2.47. The predicted octanol–water partition coefficient (Wildman–Crippen LogP) is 3.82. The van der Waals surface area contributed by atoms with Gasteiger partial charge < -0.3 is 26.1 Å². The molecule has 0 radical (unpaired) electrons. The Morgan fingerprint density at radius 3 is 2.10 bits per heavy atom. The molecule has 14 heteroatoms. The Hall–Kier alpha value is -3.10. The molecule has 3 fully saturated rings. The molecule has 1 aromatic rings. The van der Waals surface area contributed by atoms with Crippen molar-refractivity contribution in [3.05, 3.63) is 35.9 Å². The number of nitrogens with zero attached hydrogens (tertiary/aromatic N) is 1. The normalized spacial score (nSPS) is 22.1. The largest absolute Gasteiger partial charge is 0.363 e. The van der Waals surface area contributed by atoms with Crippen LogP contribution in [0.25, 0.3) is 0 Å². The molecule has 1 aliphatic heterocycles. The van der Waals surface area contributed by atoms with Crippen molar-refractivity contribution in [2.45, 2.75) is 122 Å². The van der Waals surface area contributed by atoms with E-state index in [1.54, 1.807) is 23.1 Å². The Bertz CT molecular complexity index is 1280. The van der Waals surface area contributed by atoms with Crippen molar-refractivity contribution in [3.8, 4) is 0 Å². The van der Waals surface area contributed by atoms with Crippen LogP contribution in [-0.2, 0) is 25.1 Å². The van der Waals surface area contributed by atoms with Gasteiger partial charge in [0.1, 0.15) is 24.0 Å². The lowest BCUT2D eigenvalue weighted by atomic mass is 9.74. The van der Waals surface area contributed by atoms with Crippen molar-refractivity contribution in [2.24, 2.45) is 23.0 Å². The molecule has 0 aromatic heterocycles. The standard InChI is InChI=1S/C28H41F2N3O3.C6H11N3O2S/c1-19(2)21-14-17-33(22(21)18-34)24(35)23(26(3,4)5)31-25(36)32-27(15-10-7-11-16-27)28(29,30)20-12-8-6-9-13-20;7-5(11)4(10)6(9-12)8-3-1-2-3/h6,8-9,12-13,18-19,21-23H,7,10-11,14-17H2,1-5H3,(H2,31,32,36);3,6,8-9,12H,1-2H2,(H2,7,11)/t21?,22-,23?;/m1./s1. The van der Waals surface area contributed by atoms with Crippen LogP contribution in [0.15, 0.2) is 30.3 Å². The first-order valence-electron chi connectivity index (χ1n) is 16.8. The Morgan fingerprint density at radius 2 is 1.62 bits per heavy atom. The van der Waals surface area contributed by atoms with Gasteiger partial charge in [0.15, 0.2) is 0 Å². The molecule has 1 saturated heterocycles. The molecular weight excluding hydrogens is 642 g/mol. The minimum Gasteiger partial charge on any atom is -0.363 e. The average Bonchev–Trinajstić information content (AvgIpc) is 3.76. The lowest BCUT2D eigenvalue weighted by Gasteiger charge is -2.44. The van der Waals surface area contributed by atoms with E-state index >= 15 is 8.78 Å². The van der Waals surface area contributed by atoms with Crippen LogP contribution in [0.1, 0.15) is 91.5 Å². The first kappa shape index (κ1) is 39.3. The summed E-state index contributed by atoms with van der Waals surface area (Å²) in [5.41, 5.74) is 2.23. The molecule has 11 nitrogen and oxygen atoms in total. The Kier molecular flexibility index (Phi) is 13.6. The van der Waals surface area contributed by atoms with Crippen molar-refractivity contribution >= 4 is 42.7 Å². The lowest BCUT2D eigenvalue weighted by molar-refractivity contribution is -0.139. The first-order chi connectivity index (χ1) is 22.5. The number of alkyl halides is 2. The molecule has 4 amide bonds. The number of thiol groups is 1. The van der Waals surface area contributed by atoms with Crippen molar-refractivity contribution < 1.29 is 32.8 Å². The molecule has 3 unspecified atom stereocenters. The monoisotopic (exact) mass is 694 g/mol. The van der Waals surface area contributed by atoms with Gasteiger partial charge in [0.25, 0.3) is 17.6 Å². The van der Waals surface area contributed by atoms with Gasteiger partial charge in [0, 0.05) is 18.2 Å². The summed E-state index contributed by atoms with van der Waals surface area (Å²) in [5.74, 6) is -4.99. The highest BCUT2D eigenvalue weighted by molar-refractivity contribution is 7.78. The second-order valence-electron chi connectivity index (χ2n) is 14.6. The van der Waals surface area contributed by atoms with Crippen LogP contribution in [0.5, 0.6) is 0 Å². The number of hydrogen-bond acceptors (Lipinski definition) is 8. The number of hydrogen-bond donors (Lipinski definition) is 6. The van der Waals surface area contributed by atoms with Crippen LogP contribution < -0.4 is 26.4 Å². The summed E-state index contributed by atoms with van der Waals surface area (Å²) in [6, 6.07) is 5.58. The third kappa shape index (κ3) is 9.53. The second-order valence-corrected chi connectivity index (χ2v) is 14.8. The number of halogens is 2. The average molecular weight is 695 g/mol. The molecule has 2 saturated carbocycles. The van der Waals surface area contributed by atoms with Crippen molar-refractivity contribution in [2.75, 3.05) is 6.54 Å². The number of primary amides is 1.